The molecule has 0 radical (unpaired) electrons. The van der Waals surface area contributed by atoms with E-state index in [1.807, 2.05) is 6.92 Å². The van der Waals surface area contributed by atoms with E-state index in [1.165, 1.54) is 0 Å². The van der Waals surface area contributed by atoms with Crippen LogP contribution in [0.4, 0.5) is 11.5 Å². The van der Waals surface area contributed by atoms with Crippen LogP contribution in [0, 0.1) is 0 Å². The summed E-state index contributed by atoms with van der Waals surface area (Å²) in [5, 5.41) is 11.7. The molecule has 106 valence electrons. The van der Waals surface area contributed by atoms with Crippen LogP contribution in [0.1, 0.15) is 32.6 Å². The fourth-order valence-corrected chi connectivity index (χ4v) is 1.54. The second-order valence-electron chi connectivity index (χ2n) is 4.06. The number of aliphatic hydroxyl groups is 1. The summed E-state index contributed by atoms with van der Waals surface area (Å²) in [6.07, 6.45) is 4.78. The zero-order chi connectivity index (χ0) is 14.1. The van der Waals surface area contributed by atoms with Gasteiger partial charge in [0.05, 0.1) is 0 Å². The van der Waals surface area contributed by atoms with Crippen LogP contribution in [0.5, 0.6) is 0 Å². The first-order chi connectivity index (χ1) is 9.19. The summed E-state index contributed by atoms with van der Waals surface area (Å²) in [5.74, 6) is 0.336. The van der Waals surface area contributed by atoms with Crippen LogP contribution in [-0.2, 0) is 0 Å². The maximum Gasteiger partial charge on any atom is 0.327 e. The van der Waals surface area contributed by atoms with E-state index in [0.717, 1.165) is 19.3 Å². The molecular formula is C12H20N4O3. The first kappa shape index (κ1) is 15.2. The number of aliphatic hydroxyl groups excluding tert-OH is 1. The average molecular weight is 268 g/mol. The minimum atomic E-state index is -0.557. The Hall–Kier alpha value is -1.89. The first-order valence-electron chi connectivity index (χ1n) is 6.43. The van der Waals surface area contributed by atoms with Crippen LogP contribution in [0.25, 0.3) is 0 Å². The Morgan fingerprint density at radius 1 is 1.26 bits per heavy atom. The Bertz CT molecular complexity index is 518. The Morgan fingerprint density at radius 3 is 2.74 bits per heavy atom. The van der Waals surface area contributed by atoms with Gasteiger partial charge in [-0.05, 0) is 25.7 Å². The molecule has 1 heterocycles. The summed E-state index contributed by atoms with van der Waals surface area (Å²) in [7, 11) is 0. The van der Waals surface area contributed by atoms with Crippen molar-refractivity contribution in [1.29, 1.82) is 0 Å². The van der Waals surface area contributed by atoms with Gasteiger partial charge in [0.2, 0.25) is 0 Å². The Morgan fingerprint density at radius 2 is 2.05 bits per heavy atom. The molecule has 0 aromatic carbocycles. The fraction of sp³-hybridized carbons (Fsp3) is 0.583. The molecule has 19 heavy (non-hydrogen) atoms. The highest BCUT2D eigenvalue weighted by atomic mass is 16.3. The lowest BCUT2D eigenvalue weighted by Gasteiger charge is -2.07. The number of aromatic amines is 2. The molecule has 7 nitrogen and oxygen atoms in total. The molecule has 0 bridgehead atoms. The molecule has 0 atom stereocenters. The van der Waals surface area contributed by atoms with Crippen molar-refractivity contribution >= 4 is 17.7 Å². The predicted molar refractivity (Wildman–Crippen MR) is 75.6 cm³/mol. The number of nitrogens with one attached hydrogen (secondary N) is 3. The van der Waals surface area contributed by atoms with Gasteiger partial charge in [-0.25, -0.2) is 4.79 Å². The van der Waals surface area contributed by atoms with E-state index in [4.69, 9.17) is 5.11 Å². The SMILES string of the molecule is CCC=Nc1c(NCCCCCO)[nH]c(=O)[nH]c1=O. The Balaban J connectivity index is 2.77. The van der Waals surface area contributed by atoms with Crippen LogP contribution < -0.4 is 16.6 Å². The third-order valence-electron chi connectivity index (χ3n) is 2.46. The number of aliphatic imine (C=N–C) groups is 1. The zero-order valence-corrected chi connectivity index (χ0v) is 11.0. The molecule has 0 saturated carbocycles. The lowest BCUT2D eigenvalue weighted by Crippen LogP contribution is -2.24. The van der Waals surface area contributed by atoms with Gasteiger partial charge in [0, 0.05) is 19.4 Å². The minimum Gasteiger partial charge on any atom is -0.396 e. The standard InChI is InChI=1S/C12H20N4O3/c1-2-6-13-9-10(14-7-4-3-5-8-17)15-12(19)16-11(9)18/h6,17H,2-5,7-8H2,1H3,(H3,14,15,16,18,19). The summed E-state index contributed by atoms with van der Waals surface area (Å²) in [6, 6.07) is 0. The Labute approximate surface area is 110 Å². The van der Waals surface area contributed by atoms with Crippen LogP contribution in [0.3, 0.4) is 0 Å². The van der Waals surface area contributed by atoms with E-state index in [0.29, 0.717) is 18.8 Å². The van der Waals surface area contributed by atoms with Gasteiger partial charge in [0.1, 0.15) is 5.82 Å². The molecule has 0 spiro atoms. The third kappa shape index (κ3) is 5.09. The molecule has 0 fully saturated rings. The maximum absolute atomic E-state index is 11.6. The van der Waals surface area contributed by atoms with Gasteiger partial charge >= 0.3 is 5.69 Å². The van der Waals surface area contributed by atoms with E-state index in [9.17, 15) is 9.59 Å². The number of anilines is 1. The van der Waals surface area contributed by atoms with Crippen LogP contribution >= 0.6 is 0 Å². The molecule has 0 aliphatic carbocycles. The van der Waals surface area contributed by atoms with Gasteiger partial charge in [0.25, 0.3) is 5.56 Å². The van der Waals surface area contributed by atoms with Crippen molar-refractivity contribution in [3.05, 3.63) is 20.8 Å². The van der Waals surface area contributed by atoms with Crippen molar-refractivity contribution in [2.45, 2.75) is 32.6 Å². The second-order valence-corrected chi connectivity index (χ2v) is 4.06. The summed E-state index contributed by atoms with van der Waals surface area (Å²) in [4.78, 5) is 31.6. The number of hydrogen-bond acceptors (Lipinski definition) is 5. The van der Waals surface area contributed by atoms with Crippen molar-refractivity contribution in [1.82, 2.24) is 9.97 Å². The van der Waals surface area contributed by atoms with E-state index in [-0.39, 0.29) is 12.3 Å². The summed E-state index contributed by atoms with van der Waals surface area (Å²) in [5.41, 5.74) is -0.881. The molecule has 1 aromatic rings. The second kappa shape index (κ2) is 8.25. The maximum atomic E-state index is 11.6. The number of nitrogens with zero attached hydrogens (tertiary/aromatic N) is 1. The van der Waals surface area contributed by atoms with Gasteiger partial charge in [-0.3, -0.25) is 19.8 Å². The van der Waals surface area contributed by atoms with Crippen LogP contribution in [0.2, 0.25) is 0 Å². The average Bonchev–Trinajstić information content (AvgIpc) is 2.37. The topological polar surface area (TPSA) is 110 Å². The molecule has 0 amide bonds. The first-order valence-corrected chi connectivity index (χ1v) is 6.43. The molecular weight excluding hydrogens is 248 g/mol. The summed E-state index contributed by atoms with van der Waals surface area (Å²) < 4.78 is 0. The molecule has 1 aromatic heterocycles. The normalized spacial score (nSPS) is 11.1. The summed E-state index contributed by atoms with van der Waals surface area (Å²) in [6.45, 7) is 2.69. The number of hydrogen-bond donors (Lipinski definition) is 4. The highest BCUT2D eigenvalue weighted by Crippen LogP contribution is 2.14. The van der Waals surface area contributed by atoms with E-state index < -0.39 is 11.2 Å². The molecule has 4 N–H and O–H groups in total. The molecule has 7 heteroatoms. The van der Waals surface area contributed by atoms with Crippen LogP contribution in [0.15, 0.2) is 14.6 Å². The van der Waals surface area contributed by atoms with E-state index in [1.54, 1.807) is 6.21 Å². The Kier molecular flexibility index (Phi) is 6.59. The number of unbranched alkanes of at least 4 members (excludes halogenated alkanes) is 2. The number of H-pyrrole nitrogens is 2. The highest BCUT2D eigenvalue weighted by Gasteiger charge is 2.07. The summed E-state index contributed by atoms with van der Waals surface area (Å²) >= 11 is 0. The van der Waals surface area contributed by atoms with Crippen molar-refractivity contribution in [2.75, 3.05) is 18.5 Å². The smallest absolute Gasteiger partial charge is 0.327 e. The number of rotatable bonds is 8. The molecule has 0 saturated heterocycles. The molecule has 0 unspecified atom stereocenters. The lowest BCUT2D eigenvalue weighted by atomic mass is 10.2. The van der Waals surface area contributed by atoms with Gasteiger partial charge in [-0.15, -0.1) is 0 Å². The van der Waals surface area contributed by atoms with Crippen molar-refractivity contribution in [3.63, 3.8) is 0 Å². The zero-order valence-electron chi connectivity index (χ0n) is 11.0. The third-order valence-corrected chi connectivity index (χ3v) is 2.46. The number of aromatic nitrogens is 2. The predicted octanol–water partition coefficient (Wildman–Crippen LogP) is 0.750. The quantitative estimate of drug-likeness (QED) is 0.412. The molecule has 0 aliphatic heterocycles. The van der Waals surface area contributed by atoms with Crippen molar-refractivity contribution < 1.29 is 5.11 Å². The van der Waals surface area contributed by atoms with Crippen molar-refractivity contribution in [2.24, 2.45) is 4.99 Å². The van der Waals surface area contributed by atoms with E-state index >= 15 is 0 Å². The lowest BCUT2D eigenvalue weighted by molar-refractivity contribution is 0.283. The molecule has 1 rings (SSSR count). The van der Waals surface area contributed by atoms with Gasteiger partial charge in [0.15, 0.2) is 5.69 Å². The highest BCUT2D eigenvalue weighted by molar-refractivity contribution is 5.68. The van der Waals surface area contributed by atoms with Crippen molar-refractivity contribution in [3.8, 4) is 0 Å². The fourth-order valence-electron chi connectivity index (χ4n) is 1.54. The molecule has 0 aliphatic rings. The van der Waals surface area contributed by atoms with Gasteiger partial charge in [-0.1, -0.05) is 6.92 Å². The van der Waals surface area contributed by atoms with Gasteiger partial charge in [-0.2, -0.15) is 0 Å². The minimum absolute atomic E-state index is 0.174. The van der Waals surface area contributed by atoms with Gasteiger partial charge < -0.3 is 10.4 Å². The van der Waals surface area contributed by atoms with Crippen LogP contribution in [-0.4, -0.2) is 34.4 Å². The van der Waals surface area contributed by atoms with E-state index in [2.05, 4.69) is 20.3 Å². The largest absolute Gasteiger partial charge is 0.396 e. The monoisotopic (exact) mass is 268 g/mol.